The van der Waals surface area contributed by atoms with Crippen LogP contribution in [0.3, 0.4) is 0 Å². The molecule has 6 nitrogen and oxygen atoms in total. The van der Waals surface area contributed by atoms with Crippen molar-refractivity contribution >= 4 is 17.9 Å². The number of allylic oxidation sites excluding steroid dienone is 12. The third-order valence-corrected chi connectivity index (χ3v) is 10.7. The maximum atomic E-state index is 12.8. The van der Waals surface area contributed by atoms with E-state index in [1.165, 1.54) is 89.9 Å². The lowest BCUT2D eigenvalue weighted by Gasteiger charge is -2.18. The fourth-order valence-corrected chi connectivity index (χ4v) is 6.82. The monoisotopic (exact) mass is 851 g/mol. The molecule has 0 aromatic rings. The molecule has 1 unspecified atom stereocenters. The van der Waals surface area contributed by atoms with Crippen LogP contribution in [0.4, 0.5) is 0 Å². The van der Waals surface area contributed by atoms with Gasteiger partial charge in [-0.05, 0) is 103 Å². The second kappa shape index (κ2) is 49.5. The summed E-state index contributed by atoms with van der Waals surface area (Å²) in [5.41, 5.74) is 0. The fraction of sp³-hybridized carbons (Fsp3) is 0.727. The molecule has 0 fully saturated rings. The Kier molecular flexibility index (Phi) is 46.9. The molecule has 0 N–H and O–H groups in total. The van der Waals surface area contributed by atoms with Gasteiger partial charge < -0.3 is 14.2 Å². The van der Waals surface area contributed by atoms with Crippen molar-refractivity contribution in [3.05, 3.63) is 72.9 Å². The van der Waals surface area contributed by atoms with Gasteiger partial charge >= 0.3 is 17.9 Å². The predicted molar refractivity (Wildman–Crippen MR) is 261 cm³/mol. The predicted octanol–water partition coefficient (Wildman–Crippen LogP) is 16.6. The topological polar surface area (TPSA) is 78.9 Å². The van der Waals surface area contributed by atoms with Crippen LogP contribution in [-0.4, -0.2) is 37.2 Å². The number of rotatable bonds is 45. The van der Waals surface area contributed by atoms with Gasteiger partial charge in [-0.3, -0.25) is 14.4 Å². The summed E-state index contributed by atoms with van der Waals surface area (Å²) < 4.78 is 16.7. The van der Waals surface area contributed by atoms with Gasteiger partial charge in [-0.25, -0.2) is 0 Å². The van der Waals surface area contributed by atoms with Crippen molar-refractivity contribution in [1.29, 1.82) is 0 Å². The van der Waals surface area contributed by atoms with E-state index in [9.17, 15) is 14.4 Å². The van der Waals surface area contributed by atoms with Crippen molar-refractivity contribution in [2.24, 2.45) is 0 Å². The number of esters is 3. The third-order valence-electron chi connectivity index (χ3n) is 10.7. The zero-order valence-electron chi connectivity index (χ0n) is 39.9. The Labute approximate surface area is 376 Å². The highest BCUT2D eigenvalue weighted by atomic mass is 16.6. The molecule has 0 aliphatic rings. The second-order valence-electron chi connectivity index (χ2n) is 16.7. The summed E-state index contributed by atoms with van der Waals surface area (Å²) in [6.45, 7) is 6.44. The Balaban J connectivity index is 4.39. The quantitative estimate of drug-likeness (QED) is 0.0263. The molecule has 0 aromatic carbocycles. The summed E-state index contributed by atoms with van der Waals surface area (Å²) in [5.74, 6) is -0.931. The van der Waals surface area contributed by atoms with E-state index in [0.29, 0.717) is 19.3 Å². The van der Waals surface area contributed by atoms with Crippen LogP contribution < -0.4 is 0 Å². The fourth-order valence-electron chi connectivity index (χ4n) is 6.82. The largest absolute Gasteiger partial charge is 0.462 e. The highest BCUT2D eigenvalue weighted by Gasteiger charge is 2.19. The zero-order valence-corrected chi connectivity index (χ0v) is 39.9. The highest BCUT2D eigenvalue weighted by Crippen LogP contribution is 2.13. The Morgan fingerprint density at radius 3 is 1.08 bits per heavy atom. The van der Waals surface area contributed by atoms with Gasteiger partial charge in [0.15, 0.2) is 6.10 Å². The second-order valence-corrected chi connectivity index (χ2v) is 16.7. The standard InChI is InChI=1S/C55H94O6/c1-4-7-10-13-16-19-22-24-25-26-27-28-29-31-33-36-39-42-45-48-54(57)60-51-52(50-59-53(56)47-44-41-38-35-32-21-18-15-12-9-6-3)61-55(58)49-46-43-40-37-34-30-23-20-17-14-11-8-5-2/h7,10,15-16,18-19,24-25,27-28,30,34,52H,4-6,8-9,11-14,17,20-23,26,29,31-33,35-51H2,1-3H3/b10-7-,18-15-,19-16-,25-24-,28-27-,34-30-. The van der Waals surface area contributed by atoms with E-state index in [2.05, 4.69) is 93.7 Å². The van der Waals surface area contributed by atoms with E-state index in [-0.39, 0.29) is 31.1 Å². The van der Waals surface area contributed by atoms with Crippen LogP contribution in [0.25, 0.3) is 0 Å². The first kappa shape index (κ1) is 57.9. The SMILES string of the molecule is CC/C=C\C/C=C\C/C=C\C/C=C\CCCCCCCCC(=O)OCC(COC(=O)CCCCCCC/C=C\CCCC)OC(=O)CCCCC/C=C\CCCCCCCC. The minimum Gasteiger partial charge on any atom is -0.462 e. The number of carbonyl (C=O) groups is 3. The van der Waals surface area contributed by atoms with Gasteiger partial charge in [0, 0.05) is 19.3 Å². The minimum atomic E-state index is -0.791. The first-order valence-corrected chi connectivity index (χ1v) is 25.4. The van der Waals surface area contributed by atoms with Gasteiger partial charge in [-0.15, -0.1) is 0 Å². The molecule has 0 amide bonds. The molecule has 350 valence electrons. The molecule has 0 saturated carbocycles. The van der Waals surface area contributed by atoms with Crippen LogP contribution in [-0.2, 0) is 28.6 Å². The van der Waals surface area contributed by atoms with Crippen molar-refractivity contribution in [1.82, 2.24) is 0 Å². The van der Waals surface area contributed by atoms with E-state index >= 15 is 0 Å². The molecule has 0 radical (unpaired) electrons. The summed E-state index contributed by atoms with van der Waals surface area (Å²) in [6, 6.07) is 0. The molecule has 1 atom stereocenters. The van der Waals surface area contributed by atoms with Crippen molar-refractivity contribution in [3.63, 3.8) is 0 Å². The molecule has 0 rings (SSSR count). The van der Waals surface area contributed by atoms with Gasteiger partial charge in [0.25, 0.3) is 0 Å². The average molecular weight is 851 g/mol. The molecule has 0 bridgehead atoms. The Bertz CT molecular complexity index is 1160. The Morgan fingerprint density at radius 1 is 0.344 bits per heavy atom. The van der Waals surface area contributed by atoms with E-state index < -0.39 is 6.10 Å². The molecule has 0 heterocycles. The van der Waals surface area contributed by atoms with Crippen LogP contribution in [0, 0.1) is 0 Å². The van der Waals surface area contributed by atoms with Crippen LogP contribution >= 0.6 is 0 Å². The smallest absolute Gasteiger partial charge is 0.306 e. The number of hydrogen-bond donors (Lipinski definition) is 0. The maximum absolute atomic E-state index is 12.8. The van der Waals surface area contributed by atoms with Crippen LogP contribution in [0.5, 0.6) is 0 Å². The average Bonchev–Trinajstić information content (AvgIpc) is 3.26. The molecule has 0 spiro atoms. The maximum Gasteiger partial charge on any atom is 0.306 e. The summed E-state index contributed by atoms with van der Waals surface area (Å²) in [7, 11) is 0. The molecule has 6 heteroatoms. The summed E-state index contributed by atoms with van der Waals surface area (Å²) in [4.78, 5) is 37.9. The van der Waals surface area contributed by atoms with Gasteiger partial charge in [0.05, 0.1) is 0 Å². The van der Waals surface area contributed by atoms with Gasteiger partial charge in [0.1, 0.15) is 13.2 Å². The molecule has 0 saturated heterocycles. The van der Waals surface area contributed by atoms with Crippen molar-refractivity contribution < 1.29 is 28.6 Å². The first-order chi connectivity index (χ1) is 30.0. The highest BCUT2D eigenvalue weighted by molar-refractivity contribution is 5.71. The van der Waals surface area contributed by atoms with Gasteiger partial charge in [0.2, 0.25) is 0 Å². The van der Waals surface area contributed by atoms with Crippen LogP contribution in [0.1, 0.15) is 239 Å². The number of ether oxygens (including phenoxy) is 3. The summed E-state index contributed by atoms with van der Waals surface area (Å²) in [6.07, 6.45) is 61.7. The van der Waals surface area contributed by atoms with Crippen molar-refractivity contribution in [2.45, 2.75) is 245 Å². The van der Waals surface area contributed by atoms with Crippen LogP contribution in [0.2, 0.25) is 0 Å². The zero-order chi connectivity index (χ0) is 44.4. The number of unbranched alkanes of at least 4 members (excludes halogenated alkanes) is 22. The van der Waals surface area contributed by atoms with E-state index in [0.717, 1.165) is 109 Å². The normalized spacial score (nSPS) is 12.6. The van der Waals surface area contributed by atoms with Gasteiger partial charge in [-0.1, -0.05) is 190 Å². The molecular formula is C55H94O6. The van der Waals surface area contributed by atoms with Crippen molar-refractivity contribution in [2.75, 3.05) is 13.2 Å². The summed E-state index contributed by atoms with van der Waals surface area (Å²) >= 11 is 0. The summed E-state index contributed by atoms with van der Waals surface area (Å²) in [5, 5.41) is 0. The number of hydrogen-bond acceptors (Lipinski definition) is 6. The van der Waals surface area contributed by atoms with Gasteiger partial charge in [-0.2, -0.15) is 0 Å². The lowest BCUT2D eigenvalue weighted by molar-refractivity contribution is -0.167. The molecular weight excluding hydrogens is 757 g/mol. The molecule has 61 heavy (non-hydrogen) atoms. The van der Waals surface area contributed by atoms with Crippen LogP contribution in [0.15, 0.2) is 72.9 Å². The van der Waals surface area contributed by atoms with E-state index in [1.807, 2.05) is 0 Å². The lowest BCUT2D eigenvalue weighted by Crippen LogP contribution is -2.30. The Hall–Kier alpha value is -3.15. The van der Waals surface area contributed by atoms with E-state index in [1.54, 1.807) is 0 Å². The van der Waals surface area contributed by atoms with E-state index in [4.69, 9.17) is 14.2 Å². The van der Waals surface area contributed by atoms with Crippen molar-refractivity contribution in [3.8, 4) is 0 Å². The molecule has 0 aliphatic heterocycles. The first-order valence-electron chi connectivity index (χ1n) is 25.4. The molecule has 0 aromatic heterocycles. The lowest BCUT2D eigenvalue weighted by atomic mass is 10.1. The minimum absolute atomic E-state index is 0.0907. The molecule has 0 aliphatic carbocycles. The Morgan fingerprint density at radius 2 is 0.656 bits per heavy atom. The third kappa shape index (κ3) is 47.7. The number of carbonyl (C=O) groups excluding carboxylic acids is 3.